The van der Waals surface area contributed by atoms with Gasteiger partial charge in [0.05, 0.1) is 12.7 Å². The van der Waals surface area contributed by atoms with Crippen molar-refractivity contribution in [3.05, 3.63) is 29.8 Å². The molecular weight excluding hydrogens is 206 g/mol. The molecule has 0 aromatic heterocycles. The van der Waals surface area contributed by atoms with E-state index in [1.807, 2.05) is 6.07 Å². The summed E-state index contributed by atoms with van der Waals surface area (Å²) in [7, 11) is 1.37. The fourth-order valence-corrected chi connectivity index (χ4v) is 1.74. The molecule has 1 fully saturated rings. The molecule has 4 nitrogen and oxygen atoms in total. The molecular formula is C12H15NO3. The van der Waals surface area contributed by atoms with E-state index in [0.29, 0.717) is 5.56 Å². The Labute approximate surface area is 94.6 Å². The van der Waals surface area contributed by atoms with E-state index in [1.54, 1.807) is 18.2 Å². The molecule has 0 bridgehead atoms. The highest BCUT2D eigenvalue weighted by Crippen LogP contribution is 2.17. The average molecular weight is 221 g/mol. The van der Waals surface area contributed by atoms with Gasteiger partial charge >= 0.3 is 5.97 Å². The van der Waals surface area contributed by atoms with Crippen LogP contribution < -0.4 is 10.1 Å². The minimum absolute atomic E-state index is 0.202. The Balaban J connectivity index is 2.06. The lowest BCUT2D eigenvalue weighted by Gasteiger charge is -2.12. The Morgan fingerprint density at radius 3 is 3.06 bits per heavy atom. The van der Waals surface area contributed by atoms with E-state index in [0.717, 1.165) is 25.3 Å². The number of esters is 1. The first-order valence-electron chi connectivity index (χ1n) is 5.35. The second kappa shape index (κ2) is 4.99. The molecule has 4 heteroatoms. The second-order valence-electron chi connectivity index (χ2n) is 3.75. The standard InChI is InChI=1S/C12H15NO3/c1-15-12(14)9-3-2-4-10(7-9)16-11-5-6-13-8-11/h2-4,7,11,13H,5-6,8H2,1H3/t11-/m0/s1. The maximum absolute atomic E-state index is 11.3. The average Bonchev–Trinajstić information content (AvgIpc) is 2.81. The van der Waals surface area contributed by atoms with Crippen LogP contribution >= 0.6 is 0 Å². The van der Waals surface area contributed by atoms with Gasteiger partial charge in [-0.2, -0.15) is 0 Å². The van der Waals surface area contributed by atoms with E-state index in [1.165, 1.54) is 7.11 Å². The molecule has 1 atom stereocenters. The predicted octanol–water partition coefficient (Wildman–Crippen LogP) is 1.21. The maximum Gasteiger partial charge on any atom is 0.337 e. The molecule has 1 aliphatic heterocycles. The molecule has 1 aromatic rings. The zero-order chi connectivity index (χ0) is 11.4. The summed E-state index contributed by atoms with van der Waals surface area (Å²) < 4.78 is 10.4. The Morgan fingerprint density at radius 1 is 1.50 bits per heavy atom. The highest BCUT2D eigenvalue weighted by molar-refractivity contribution is 5.89. The quantitative estimate of drug-likeness (QED) is 0.779. The van der Waals surface area contributed by atoms with Gasteiger partial charge < -0.3 is 14.8 Å². The molecule has 0 spiro atoms. The van der Waals surface area contributed by atoms with Crippen molar-refractivity contribution in [3.8, 4) is 5.75 Å². The van der Waals surface area contributed by atoms with Gasteiger partial charge in [-0.15, -0.1) is 0 Å². The minimum atomic E-state index is -0.338. The van der Waals surface area contributed by atoms with Gasteiger partial charge in [0.2, 0.25) is 0 Å². The number of ether oxygens (including phenoxy) is 2. The fourth-order valence-electron chi connectivity index (χ4n) is 1.74. The van der Waals surface area contributed by atoms with E-state index in [2.05, 4.69) is 10.1 Å². The number of carbonyl (C=O) groups is 1. The van der Waals surface area contributed by atoms with Gasteiger partial charge in [0.25, 0.3) is 0 Å². The van der Waals surface area contributed by atoms with Crippen LogP contribution in [0, 0.1) is 0 Å². The first-order valence-corrected chi connectivity index (χ1v) is 5.35. The van der Waals surface area contributed by atoms with Gasteiger partial charge in [-0.05, 0) is 31.2 Å². The number of benzene rings is 1. The van der Waals surface area contributed by atoms with Gasteiger partial charge in [0.15, 0.2) is 0 Å². The number of hydrogen-bond acceptors (Lipinski definition) is 4. The Hall–Kier alpha value is -1.55. The lowest BCUT2D eigenvalue weighted by molar-refractivity contribution is 0.0600. The zero-order valence-electron chi connectivity index (χ0n) is 9.23. The molecule has 0 amide bonds. The lowest BCUT2D eigenvalue weighted by Crippen LogP contribution is -2.19. The molecule has 1 saturated heterocycles. The van der Waals surface area contributed by atoms with Crippen LogP contribution in [-0.2, 0) is 4.74 Å². The SMILES string of the molecule is COC(=O)c1cccc(O[C@H]2CCNC2)c1. The smallest absolute Gasteiger partial charge is 0.337 e. The summed E-state index contributed by atoms with van der Waals surface area (Å²) in [6.45, 7) is 1.85. The van der Waals surface area contributed by atoms with Crippen LogP contribution in [0.15, 0.2) is 24.3 Å². The summed E-state index contributed by atoms with van der Waals surface area (Å²) in [6, 6.07) is 7.07. The largest absolute Gasteiger partial charge is 0.489 e. The first kappa shape index (κ1) is 11.0. The highest BCUT2D eigenvalue weighted by atomic mass is 16.5. The Morgan fingerprint density at radius 2 is 2.38 bits per heavy atom. The van der Waals surface area contributed by atoms with Crippen LogP contribution in [0.25, 0.3) is 0 Å². The minimum Gasteiger partial charge on any atom is -0.489 e. The van der Waals surface area contributed by atoms with E-state index >= 15 is 0 Å². The number of carbonyl (C=O) groups excluding carboxylic acids is 1. The molecule has 1 aliphatic rings. The molecule has 1 aromatic carbocycles. The third-order valence-corrected chi connectivity index (χ3v) is 2.57. The highest BCUT2D eigenvalue weighted by Gasteiger charge is 2.16. The third kappa shape index (κ3) is 2.52. The summed E-state index contributed by atoms with van der Waals surface area (Å²) in [5.41, 5.74) is 0.519. The third-order valence-electron chi connectivity index (χ3n) is 2.57. The van der Waals surface area contributed by atoms with Gasteiger partial charge in [-0.25, -0.2) is 4.79 Å². The van der Waals surface area contributed by atoms with E-state index < -0.39 is 0 Å². The second-order valence-corrected chi connectivity index (χ2v) is 3.75. The lowest BCUT2D eigenvalue weighted by atomic mass is 10.2. The van der Waals surface area contributed by atoms with Gasteiger partial charge in [-0.3, -0.25) is 0 Å². The normalized spacial score (nSPS) is 19.4. The van der Waals surface area contributed by atoms with Crippen LogP contribution in [0.4, 0.5) is 0 Å². The fraction of sp³-hybridized carbons (Fsp3) is 0.417. The van der Waals surface area contributed by atoms with Crippen LogP contribution in [0.3, 0.4) is 0 Å². The molecule has 1 N–H and O–H groups in total. The van der Waals surface area contributed by atoms with Gasteiger partial charge in [-0.1, -0.05) is 6.07 Å². The maximum atomic E-state index is 11.3. The van der Waals surface area contributed by atoms with Gasteiger partial charge in [0.1, 0.15) is 11.9 Å². The molecule has 0 unspecified atom stereocenters. The molecule has 0 saturated carbocycles. The predicted molar refractivity (Wildman–Crippen MR) is 59.7 cm³/mol. The molecule has 1 heterocycles. The monoisotopic (exact) mass is 221 g/mol. The molecule has 86 valence electrons. The van der Waals surface area contributed by atoms with Crippen molar-refractivity contribution in [2.45, 2.75) is 12.5 Å². The summed E-state index contributed by atoms with van der Waals surface area (Å²) >= 11 is 0. The Bertz CT molecular complexity index is 372. The number of nitrogens with one attached hydrogen (secondary N) is 1. The van der Waals surface area contributed by atoms with Crippen molar-refractivity contribution in [2.24, 2.45) is 0 Å². The van der Waals surface area contributed by atoms with Crippen molar-refractivity contribution >= 4 is 5.97 Å². The topological polar surface area (TPSA) is 47.6 Å². The van der Waals surface area contributed by atoms with Crippen LogP contribution in [0.1, 0.15) is 16.8 Å². The summed E-state index contributed by atoms with van der Waals surface area (Å²) in [5.74, 6) is 0.381. The molecule has 0 aliphatic carbocycles. The van der Waals surface area contributed by atoms with Crippen LogP contribution in [0.5, 0.6) is 5.75 Å². The summed E-state index contributed by atoms with van der Waals surface area (Å²) in [6.07, 6.45) is 1.20. The van der Waals surface area contributed by atoms with E-state index in [9.17, 15) is 4.79 Å². The first-order chi connectivity index (χ1) is 7.79. The van der Waals surface area contributed by atoms with Crippen molar-refractivity contribution in [3.63, 3.8) is 0 Å². The Kier molecular flexibility index (Phi) is 3.41. The molecule has 2 rings (SSSR count). The number of rotatable bonds is 3. The van der Waals surface area contributed by atoms with Crippen LogP contribution in [0.2, 0.25) is 0 Å². The van der Waals surface area contributed by atoms with Gasteiger partial charge in [0, 0.05) is 6.54 Å². The summed E-state index contributed by atoms with van der Waals surface area (Å²) in [4.78, 5) is 11.3. The molecule has 16 heavy (non-hydrogen) atoms. The summed E-state index contributed by atoms with van der Waals surface area (Å²) in [5, 5.41) is 3.22. The van der Waals surface area contributed by atoms with Crippen LogP contribution in [-0.4, -0.2) is 32.3 Å². The molecule has 0 radical (unpaired) electrons. The zero-order valence-corrected chi connectivity index (χ0v) is 9.23. The van der Waals surface area contributed by atoms with Crippen molar-refractivity contribution in [1.82, 2.24) is 5.32 Å². The van der Waals surface area contributed by atoms with E-state index in [-0.39, 0.29) is 12.1 Å². The number of hydrogen-bond donors (Lipinski definition) is 1. The van der Waals surface area contributed by atoms with Crippen molar-refractivity contribution < 1.29 is 14.3 Å². The van der Waals surface area contributed by atoms with Crippen molar-refractivity contribution in [1.29, 1.82) is 0 Å². The van der Waals surface area contributed by atoms with Crippen molar-refractivity contribution in [2.75, 3.05) is 20.2 Å². The number of methoxy groups -OCH3 is 1. The van der Waals surface area contributed by atoms with E-state index in [4.69, 9.17) is 4.74 Å².